The molecule has 1 fully saturated rings. The molecule has 0 spiro atoms. The van der Waals surface area contributed by atoms with Gasteiger partial charge in [-0.15, -0.1) is 0 Å². The van der Waals surface area contributed by atoms with Crippen molar-refractivity contribution in [2.24, 2.45) is 0 Å². The van der Waals surface area contributed by atoms with E-state index in [-0.39, 0.29) is 0 Å². The van der Waals surface area contributed by atoms with Crippen molar-refractivity contribution in [2.45, 2.75) is 0 Å². The van der Waals surface area contributed by atoms with Gasteiger partial charge in [-0.2, -0.15) is 0 Å². The molecule has 1 saturated heterocycles. The van der Waals surface area contributed by atoms with Gasteiger partial charge < -0.3 is 9.62 Å². The minimum absolute atomic E-state index is 1.03. The monoisotopic (exact) mass is 160 g/mol. The minimum Gasteiger partial charge on any atom is -0.388 e. The average Bonchev–Trinajstić information content (AvgIpc) is 2.54. The molecule has 0 aromatic carbocycles. The normalized spacial score (nSPS) is 17.9. The molecular formula is C8H11BN3. The van der Waals surface area contributed by atoms with Crippen LogP contribution in [-0.4, -0.2) is 37.5 Å². The first kappa shape index (κ1) is 7.62. The van der Waals surface area contributed by atoms with Gasteiger partial charge in [0, 0.05) is 19.3 Å². The average molecular weight is 160 g/mol. The maximum atomic E-state index is 4.26. The summed E-state index contributed by atoms with van der Waals surface area (Å²) < 4.78 is 0. The van der Waals surface area contributed by atoms with Gasteiger partial charge in [-0.05, 0) is 19.2 Å². The molecule has 1 radical (unpaired) electrons. The Kier molecular flexibility index (Phi) is 2.00. The number of likely N-dealkylation sites (N-methyl/N-ethyl adjacent to an activating group) is 1. The Balaban J connectivity index is 2.11. The second-order valence-corrected chi connectivity index (χ2v) is 2.98. The van der Waals surface area contributed by atoms with E-state index in [0.29, 0.717) is 0 Å². The van der Waals surface area contributed by atoms with Gasteiger partial charge in [0.15, 0.2) is 0 Å². The van der Waals surface area contributed by atoms with E-state index >= 15 is 0 Å². The van der Waals surface area contributed by atoms with E-state index in [4.69, 9.17) is 0 Å². The molecular weight excluding hydrogens is 149 g/mol. The lowest BCUT2D eigenvalue weighted by atomic mass is 10.1. The van der Waals surface area contributed by atoms with Gasteiger partial charge in [-0.3, -0.25) is 0 Å². The smallest absolute Gasteiger partial charge is 0.353 e. The highest BCUT2D eigenvalue weighted by Crippen LogP contribution is 2.11. The molecule has 0 bridgehead atoms. The zero-order chi connectivity index (χ0) is 8.39. The van der Waals surface area contributed by atoms with E-state index in [1.807, 2.05) is 24.4 Å². The van der Waals surface area contributed by atoms with Gasteiger partial charge in [0.05, 0.1) is 0 Å². The quantitative estimate of drug-likeness (QED) is 0.553. The standard InChI is InChI=1S/C8H11BN3/c1-11-6-7-12(9-11)8-4-2-3-5-10-8/h2-5H,6-7H2,1H3. The van der Waals surface area contributed by atoms with Crippen LogP contribution in [0.15, 0.2) is 24.4 Å². The summed E-state index contributed by atoms with van der Waals surface area (Å²) in [6, 6.07) is 5.97. The molecule has 0 saturated carbocycles. The molecule has 0 unspecified atom stereocenters. The van der Waals surface area contributed by atoms with Gasteiger partial charge in [0.1, 0.15) is 5.82 Å². The van der Waals surface area contributed by atoms with Crippen LogP contribution in [0.1, 0.15) is 0 Å². The zero-order valence-electron chi connectivity index (χ0n) is 7.14. The van der Waals surface area contributed by atoms with Crippen molar-refractivity contribution in [1.82, 2.24) is 9.79 Å². The molecule has 1 aromatic rings. The number of pyridine rings is 1. The molecule has 1 aromatic heterocycles. The van der Waals surface area contributed by atoms with Gasteiger partial charge in [0.2, 0.25) is 0 Å². The molecule has 4 heteroatoms. The SMILES string of the molecule is CN1[B]N(c2ccccn2)CC1. The molecule has 0 aliphatic carbocycles. The van der Waals surface area contributed by atoms with Crippen molar-refractivity contribution < 1.29 is 0 Å². The third kappa shape index (κ3) is 1.43. The van der Waals surface area contributed by atoms with Crippen LogP contribution in [-0.2, 0) is 0 Å². The molecule has 0 amide bonds. The Morgan fingerprint density at radius 1 is 1.42 bits per heavy atom. The van der Waals surface area contributed by atoms with Crippen LogP contribution in [0.5, 0.6) is 0 Å². The third-order valence-electron chi connectivity index (χ3n) is 1.97. The molecule has 3 nitrogen and oxygen atoms in total. The molecule has 2 rings (SSSR count). The van der Waals surface area contributed by atoms with Crippen molar-refractivity contribution in [1.29, 1.82) is 0 Å². The molecule has 0 N–H and O–H groups in total. The van der Waals surface area contributed by atoms with Gasteiger partial charge in [-0.1, -0.05) is 6.07 Å². The summed E-state index contributed by atoms with van der Waals surface area (Å²) in [6.45, 7) is 2.12. The minimum atomic E-state index is 1.03. The largest absolute Gasteiger partial charge is 0.388 e. The Morgan fingerprint density at radius 3 is 2.92 bits per heavy atom. The number of anilines is 1. The van der Waals surface area contributed by atoms with Crippen LogP contribution < -0.4 is 4.81 Å². The lowest BCUT2D eigenvalue weighted by Crippen LogP contribution is -2.27. The number of hydrogen-bond donors (Lipinski definition) is 0. The second-order valence-electron chi connectivity index (χ2n) is 2.98. The van der Waals surface area contributed by atoms with Crippen LogP contribution in [0.4, 0.5) is 5.82 Å². The van der Waals surface area contributed by atoms with E-state index in [2.05, 4.69) is 29.2 Å². The lowest BCUT2D eigenvalue weighted by Gasteiger charge is -2.14. The van der Waals surface area contributed by atoms with E-state index in [9.17, 15) is 0 Å². The molecule has 2 heterocycles. The summed E-state index contributed by atoms with van der Waals surface area (Å²) in [7, 11) is 4.16. The van der Waals surface area contributed by atoms with E-state index in [0.717, 1.165) is 18.9 Å². The molecule has 12 heavy (non-hydrogen) atoms. The Hall–Kier alpha value is -1.03. The van der Waals surface area contributed by atoms with Crippen molar-refractivity contribution in [2.75, 3.05) is 24.9 Å². The van der Waals surface area contributed by atoms with Crippen molar-refractivity contribution in [3.05, 3.63) is 24.4 Å². The Labute approximate surface area is 73.3 Å². The highest BCUT2D eigenvalue weighted by molar-refractivity contribution is 6.39. The molecule has 0 atom stereocenters. The highest BCUT2D eigenvalue weighted by Gasteiger charge is 2.19. The van der Waals surface area contributed by atoms with Crippen LogP contribution in [0, 0.1) is 0 Å². The summed E-state index contributed by atoms with van der Waals surface area (Å²) in [5.74, 6) is 1.03. The molecule has 1 aliphatic heterocycles. The number of hydrogen-bond acceptors (Lipinski definition) is 3. The van der Waals surface area contributed by atoms with Gasteiger partial charge in [-0.25, -0.2) is 4.98 Å². The van der Waals surface area contributed by atoms with Gasteiger partial charge >= 0.3 is 7.55 Å². The first-order valence-electron chi connectivity index (χ1n) is 4.09. The van der Waals surface area contributed by atoms with Gasteiger partial charge in [0.25, 0.3) is 0 Å². The molecule has 61 valence electrons. The summed E-state index contributed by atoms with van der Waals surface area (Å²) in [5, 5.41) is 0. The molecule has 1 aliphatic rings. The van der Waals surface area contributed by atoms with E-state index in [1.165, 1.54) is 0 Å². The predicted molar refractivity (Wildman–Crippen MR) is 50.0 cm³/mol. The summed E-state index contributed by atoms with van der Waals surface area (Å²) >= 11 is 0. The van der Waals surface area contributed by atoms with E-state index in [1.54, 1.807) is 0 Å². The maximum absolute atomic E-state index is 4.26. The van der Waals surface area contributed by atoms with Crippen LogP contribution in [0.2, 0.25) is 0 Å². The predicted octanol–water partition coefficient (Wildman–Crippen LogP) is 0.368. The van der Waals surface area contributed by atoms with Crippen LogP contribution in [0.25, 0.3) is 0 Å². The van der Waals surface area contributed by atoms with Crippen molar-refractivity contribution in [3.63, 3.8) is 0 Å². The number of nitrogens with zero attached hydrogens (tertiary/aromatic N) is 3. The number of rotatable bonds is 1. The summed E-state index contributed by atoms with van der Waals surface area (Å²) in [6.07, 6.45) is 1.82. The van der Waals surface area contributed by atoms with Crippen molar-refractivity contribution >= 4 is 13.4 Å². The first-order valence-corrected chi connectivity index (χ1v) is 4.09. The van der Waals surface area contributed by atoms with Crippen LogP contribution in [0.3, 0.4) is 0 Å². The second kappa shape index (κ2) is 3.15. The summed E-state index contributed by atoms with van der Waals surface area (Å²) in [5.41, 5.74) is 0. The fourth-order valence-corrected chi connectivity index (χ4v) is 1.32. The maximum Gasteiger partial charge on any atom is 0.353 e. The zero-order valence-corrected chi connectivity index (χ0v) is 7.14. The highest BCUT2D eigenvalue weighted by atomic mass is 15.3. The fraction of sp³-hybridized carbons (Fsp3) is 0.375. The van der Waals surface area contributed by atoms with Crippen LogP contribution >= 0.6 is 0 Å². The Bertz CT molecular complexity index is 252. The van der Waals surface area contributed by atoms with E-state index < -0.39 is 0 Å². The fourth-order valence-electron chi connectivity index (χ4n) is 1.32. The Morgan fingerprint density at radius 2 is 2.33 bits per heavy atom. The van der Waals surface area contributed by atoms with Crippen molar-refractivity contribution in [3.8, 4) is 0 Å². The first-order chi connectivity index (χ1) is 5.86. The number of aromatic nitrogens is 1. The topological polar surface area (TPSA) is 19.4 Å². The summed E-state index contributed by atoms with van der Waals surface area (Å²) in [4.78, 5) is 8.58. The third-order valence-corrected chi connectivity index (χ3v) is 1.97. The lowest BCUT2D eigenvalue weighted by molar-refractivity contribution is 0.590.